The number of ketones is 1. The van der Waals surface area contributed by atoms with Crippen molar-refractivity contribution >= 4 is 23.4 Å². The van der Waals surface area contributed by atoms with Crippen molar-refractivity contribution in [1.29, 1.82) is 0 Å². The summed E-state index contributed by atoms with van der Waals surface area (Å²) in [7, 11) is 0. The number of benzene rings is 2. The average molecular weight is 424 g/mol. The maximum Gasteiger partial charge on any atom is 0.340 e. The van der Waals surface area contributed by atoms with E-state index in [2.05, 4.69) is 0 Å². The van der Waals surface area contributed by atoms with E-state index in [4.69, 9.17) is 26.8 Å². The number of halogens is 1. The maximum absolute atomic E-state index is 13.3. The summed E-state index contributed by atoms with van der Waals surface area (Å²) in [4.78, 5) is 26.0. The molecule has 0 bridgehead atoms. The second-order valence-electron chi connectivity index (χ2n) is 7.36. The van der Waals surface area contributed by atoms with Gasteiger partial charge in [-0.1, -0.05) is 54.1 Å². The van der Waals surface area contributed by atoms with Crippen LogP contribution >= 0.6 is 11.6 Å². The van der Waals surface area contributed by atoms with E-state index in [1.54, 1.807) is 31.2 Å². The van der Waals surface area contributed by atoms with E-state index in [1.807, 2.05) is 30.3 Å². The number of hydrogen-bond donors (Lipinski definition) is 1. The van der Waals surface area contributed by atoms with Crippen LogP contribution in [0.4, 0.5) is 0 Å². The van der Waals surface area contributed by atoms with Crippen LogP contribution in [0.2, 0.25) is 5.02 Å². The van der Waals surface area contributed by atoms with Crippen LogP contribution in [0.1, 0.15) is 42.7 Å². The highest BCUT2D eigenvalue weighted by atomic mass is 35.5. The highest BCUT2D eigenvalue weighted by molar-refractivity contribution is 6.30. The van der Waals surface area contributed by atoms with Gasteiger partial charge in [0.05, 0.1) is 12.5 Å². The number of rotatable bonds is 4. The van der Waals surface area contributed by atoms with Crippen LogP contribution in [-0.2, 0) is 19.1 Å². The van der Waals surface area contributed by atoms with Gasteiger partial charge in [0, 0.05) is 23.4 Å². The second kappa shape index (κ2) is 8.36. The predicted octanol–water partition coefficient (Wildman–Crippen LogP) is 4.59. The van der Waals surface area contributed by atoms with Gasteiger partial charge in [-0.2, -0.15) is 0 Å². The molecular formula is C24H22ClNO4. The molecule has 0 saturated heterocycles. The van der Waals surface area contributed by atoms with Gasteiger partial charge >= 0.3 is 5.97 Å². The minimum absolute atomic E-state index is 0.000242. The molecule has 2 aromatic rings. The van der Waals surface area contributed by atoms with Gasteiger partial charge in [0.15, 0.2) is 5.78 Å². The normalized spacial score (nSPS) is 21.2. The summed E-state index contributed by atoms with van der Waals surface area (Å²) in [5, 5.41) is 0.564. The molecule has 6 heteroatoms. The Morgan fingerprint density at radius 3 is 2.47 bits per heavy atom. The summed E-state index contributed by atoms with van der Waals surface area (Å²) in [6.07, 6.45) is 0.873. The monoisotopic (exact) mass is 423 g/mol. The number of esters is 1. The third kappa shape index (κ3) is 3.73. The first kappa shape index (κ1) is 20.2. The molecule has 0 spiro atoms. The Morgan fingerprint density at radius 2 is 1.80 bits per heavy atom. The third-order valence-electron chi connectivity index (χ3n) is 5.51. The number of nitrogens with two attached hydrogens (primary N) is 1. The van der Waals surface area contributed by atoms with Crippen LogP contribution in [0.3, 0.4) is 0 Å². The number of Topliss-reactive ketones (excluding diaryl/α,β-unsaturated/α-hetero) is 1. The van der Waals surface area contributed by atoms with Crippen LogP contribution in [0, 0.1) is 0 Å². The van der Waals surface area contributed by atoms with E-state index in [-0.39, 0.29) is 29.8 Å². The van der Waals surface area contributed by atoms with Crippen molar-refractivity contribution in [3.8, 4) is 0 Å². The molecule has 0 aromatic heterocycles. The predicted molar refractivity (Wildman–Crippen MR) is 114 cm³/mol. The van der Waals surface area contributed by atoms with E-state index in [1.165, 1.54) is 0 Å². The molecule has 2 N–H and O–H groups in total. The quantitative estimate of drug-likeness (QED) is 0.728. The number of hydrogen-bond acceptors (Lipinski definition) is 5. The van der Waals surface area contributed by atoms with Crippen LogP contribution in [0.15, 0.2) is 77.4 Å². The van der Waals surface area contributed by atoms with Crippen molar-refractivity contribution in [2.75, 3.05) is 6.61 Å². The smallest absolute Gasteiger partial charge is 0.340 e. The van der Waals surface area contributed by atoms with Gasteiger partial charge in [-0.3, -0.25) is 4.79 Å². The summed E-state index contributed by atoms with van der Waals surface area (Å²) in [5.41, 5.74) is 8.64. The first-order chi connectivity index (χ1) is 14.5. The molecule has 30 heavy (non-hydrogen) atoms. The molecule has 0 saturated carbocycles. The molecule has 0 fully saturated rings. The lowest BCUT2D eigenvalue weighted by molar-refractivity contribution is -0.139. The molecule has 0 unspecified atom stereocenters. The van der Waals surface area contributed by atoms with Gasteiger partial charge < -0.3 is 15.2 Å². The van der Waals surface area contributed by atoms with Crippen molar-refractivity contribution in [1.82, 2.24) is 0 Å². The average Bonchev–Trinajstić information content (AvgIpc) is 2.74. The molecule has 2 atom stereocenters. The van der Waals surface area contributed by atoms with Crippen molar-refractivity contribution in [2.24, 2.45) is 5.73 Å². The Kier molecular flexibility index (Phi) is 5.64. The minimum atomic E-state index is -0.644. The first-order valence-electron chi connectivity index (χ1n) is 9.90. The van der Waals surface area contributed by atoms with Gasteiger partial charge in [0.25, 0.3) is 0 Å². The molecule has 5 nitrogen and oxygen atoms in total. The van der Waals surface area contributed by atoms with E-state index >= 15 is 0 Å². The molecule has 2 aromatic carbocycles. The summed E-state index contributed by atoms with van der Waals surface area (Å²) >= 11 is 6.05. The Bertz CT molecular complexity index is 1040. The number of ether oxygens (including phenoxy) is 2. The van der Waals surface area contributed by atoms with Crippen LogP contribution in [0.5, 0.6) is 0 Å². The molecule has 1 heterocycles. The Morgan fingerprint density at radius 1 is 1.10 bits per heavy atom. The van der Waals surface area contributed by atoms with Gasteiger partial charge in [-0.25, -0.2) is 4.79 Å². The first-order valence-corrected chi connectivity index (χ1v) is 10.3. The van der Waals surface area contributed by atoms with Crippen LogP contribution in [-0.4, -0.2) is 18.4 Å². The molecule has 2 aliphatic rings. The van der Waals surface area contributed by atoms with E-state index < -0.39 is 11.9 Å². The number of allylic oxidation sites excluding steroid dienone is 2. The van der Waals surface area contributed by atoms with E-state index in [9.17, 15) is 9.59 Å². The Balaban J connectivity index is 1.80. The number of carbonyl (C=O) groups is 2. The lowest BCUT2D eigenvalue weighted by Crippen LogP contribution is -2.33. The highest BCUT2D eigenvalue weighted by Crippen LogP contribution is 2.47. The summed E-state index contributed by atoms with van der Waals surface area (Å²) < 4.78 is 11.1. The molecule has 0 radical (unpaired) electrons. The number of carbonyl (C=O) groups excluding carboxylic acids is 2. The summed E-state index contributed by atoms with van der Waals surface area (Å²) in [6.45, 7) is 1.91. The fourth-order valence-corrected chi connectivity index (χ4v) is 4.29. The SMILES string of the molecule is CCOC(=O)C1=C(N)OC2=C(C(=O)C[C@H](c3ccccc3)C2)[C@H]1c1ccc(Cl)cc1. The highest BCUT2D eigenvalue weighted by Gasteiger charge is 2.43. The largest absolute Gasteiger partial charge is 0.462 e. The summed E-state index contributed by atoms with van der Waals surface area (Å²) in [6, 6.07) is 16.9. The zero-order valence-corrected chi connectivity index (χ0v) is 17.3. The molecule has 0 amide bonds. The van der Waals surface area contributed by atoms with Crippen molar-refractivity contribution in [3.05, 3.63) is 93.5 Å². The lowest BCUT2D eigenvalue weighted by atomic mass is 9.73. The topological polar surface area (TPSA) is 78.6 Å². The van der Waals surface area contributed by atoms with Crippen LogP contribution < -0.4 is 5.73 Å². The van der Waals surface area contributed by atoms with Gasteiger partial charge in [-0.05, 0) is 36.1 Å². The zero-order valence-electron chi connectivity index (χ0n) is 16.6. The zero-order chi connectivity index (χ0) is 21.3. The molecule has 154 valence electrons. The van der Waals surface area contributed by atoms with Gasteiger partial charge in [0.1, 0.15) is 11.3 Å². The standard InChI is InChI=1S/C24H22ClNO4/c1-2-29-24(28)22-20(15-8-10-17(25)11-9-15)21-18(27)12-16(13-19(21)30-23(22)26)14-6-4-3-5-7-14/h3-11,16,20H,2,12-13,26H2,1H3/t16-,20+/m0/s1. The van der Waals surface area contributed by atoms with E-state index in [0.29, 0.717) is 29.2 Å². The Hall–Kier alpha value is -3.05. The Labute approximate surface area is 180 Å². The lowest BCUT2D eigenvalue weighted by Gasteiger charge is -2.35. The molecule has 4 rings (SSSR count). The molecule has 1 aliphatic carbocycles. The van der Waals surface area contributed by atoms with Gasteiger partial charge in [-0.15, -0.1) is 0 Å². The second-order valence-corrected chi connectivity index (χ2v) is 7.80. The fourth-order valence-electron chi connectivity index (χ4n) is 4.16. The third-order valence-corrected chi connectivity index (χ3v) is 5.76. The maximum atomic E-state index is 13.3. The van der Waals surface area contributed by atoms with Gasteiger partial charge in [0.2, 0.25) is 5.88 Å². The van der Waals surface area contributed by atoms with Crippen LogP contribution in [0.25, 0.3) is 0 Å². The van der Waals surface area contributed by atoms with E-state index in [0.717, 1.165) is 11.1 Å². The van der Waals surface area contributed by atoms with Crippen molar-refractivity contribution < 1.29 is 19.1 Å². The molecular weight excluding hydrogens is 402 g/mol. The van der Waals surface area contributed by atoms with Crippen molar-refractivity contribution in [3.63, 3.8) is 0 Å². The summed E-state index contributed by atoms with van der Waals surface area (Å²) in [5.74, 6) is -0.785. The minimum Gasteiger partial charge on any atom is -0.462 e. The fraction of sp³-hybridized carbons (Fsp3) is 0.250. The molecule has 1 aliphatic heterocycles. The van der Waals surface area contributed by atoms with Crippen molar-refractivity contribution in [2.45, 2.75) is 31.6 Å².